The summed E-state index contributed by atoms with van der Waals surface area (Å²) in [5.74, 6) is -1.19. The molecule has 4 aromatic rings. The third-order valence-corrected chi connectivity index (χ3v) is 10.0. The van der Waals surface area contributed by atoms with Crippen molar-refractivity contribution in [1.82, 2.24) is 0 Å². The van der Waals surface area contributed by atoms with Crippen LogP contribution in [-0.2, 0) is 9.13 Å². The van der Waals surface area contributed by atoms with Crippen LogP contribution in [-0.4, -0.2) is 38.4 Å². The standard InChI is InChI=1S/2C12H11O2P.C6H11F3O2/c2*13-15(14,11-7-3-1-4-8-11)12-9-5-2-6-10-12;1-3(4(2)10)5(11)6(7,8)9/h2*1-10H,(H,13,14);3-5,10-11H,1-2H3. The number of hydrogen-bond donors (Lipinski definition) is 4. The highest BCUT2D eigenvalue weighted by atomic mass is 31.2. The maximum atomic E-state index is 12.2. The maximum absolute atomic E-state index is 12.2. The monoisotopic (exact) mass is 608 g/mol. The Labute approximate surface area is 237 Å². The number of aliphatic hydroxyl groups is 2. The van der Waals surface area contributed by atoms with Gasteiger partial charge in [-0.25, -0.2) is 0 Å². The van der Waals surface area contributed by atoms with Crippen LogP contribution in [0.25, 0.3) is 0 Å². The van der Waals surface area contributed by atoms with Crippen LogP contribution in [0.2, 0.25) is 0 Å². The molecule has 0 bridgehead atoms. The highest BCUT2D eigenvalue weighted by Gasteiger charge is 2.43. The van der Waals surface area contributed by atoms with Gasteiger partial charge in [-0.15, -0.1) is 0 Å². The molecule has 4 rings (SSSR count). The largest absolute Gasteiger partial charge is 0.414 e. The fourth-order valence-corrected chi connectivity index (χ4v) is 6.28. The van der Waals surface area contributed by atoms with E-state index in [4.69, 9.17) is 10.2 Å². The van der Waals surface area contributed by atoms with E-state index in [0.717, 1.165) is 6.92 Å². The van der Waals surface area contributed by atoms with Gasteiger partial charge in [-0.2, -0.15) is 13.2 Å². The first-order valence-corrected chi connectivity index (χ1v) is 15.8. The number of hydrogen-bond acceptors (Lipinski definition) is 4. The molecule has 0 saturated heterocycles. The van der Waals surface area contributed by atoms with Gasteiger partial charge in [0.25, 0.3) is 14.7 Å². The Balaban J connectivity index is 0.000000219. The summed E-state index contributed by atoms with van der Waals surface area (Å²) in [6.45, 7) is 2.35. The van der Waals surface area contributed by atoms with Crippen LogP contribution < -0.4 is 21.2 Å². The molecule has 4 aromatic carbocycles. The van der Waals surface area contributed by atoms with Gasteiger partial charge in [0.05, 0.1) is 6.10 Å². The van der Waals surface area contributed by atoms with E-state index in [-0.39, 0.29) is 0 Å². The maximum Gasteiger partial charge on any atom is 0.414 e. The normalized spacial score (nSPS) is 13.9. The van der Waals surface area contributed by atoms with Crippen molar-refractivity contribution >= 4 is 36.0 Å². The highest BCUT2D eigenvalue weighted by molar-refractivity contribution is 7.73. The van der Waals surface area contributed by atoms with Crippen molar-refractivity contribution in [3.63, 3.8) is 0 Å². The second-order valence-corrected chi connectivity index (χ2v) is 13.5. The number of aliphatic hydroxyl groups excluding tert-OH is 2. The van der Waals surface area contributed by atoms with Crippen molar-refractivity contribution in [3.8, 4) is 0 Å². The van der Waals surface area contributed by atoms with E-state index in [9.17, 15) is 32.1 Å². The van der Waals surface area contributed by atoms with Crippen LogP contribution in [0.5, 0.6) is 0 Å². The Hall–Kier alpha value is -3.03. The quantitative estimate of drug-likeness (QED) is 0.235. The summed E-state index contributed by atoms with van der Waals surface area (Å²) >= 11 is 0. The first-order chi connectivity index (χ1) is 19.2. The van der Waals surface area contributed by atoms with Crippen LogP contribution in [0.3, 0.4) is 0 Å². The van der Waals surface area contributed by atoms with Crippen molar-refractivity contribution < 1.29 is 42.3 Å². The van der Waals surface area contributed by atoms with Crippen molar-refractivity contribution in [3.05, 3.63) is 121 Å². The Kier molecular flexibility index (Phi) is 12.7. The summed E-state index contributed by atoms with van der Waals surface area (Å²) in [7, 11) is -6.79. The van der Waals surface area contributed by atoms with Crippen LogP contribution in [0, 0.1) is 5.92 Å². The molecule has 0 saturated carbocycles. The second kappa shape index (κ2) is 15.3. The van der Waals surface area contributed by atoms with Crippen molar-refractivity contribution in [2.24, 2.45) is 5.92 Å². The minimum absolute atomic E-state index is 0.469. The summed E-state index contributed by atoms with van der Waals surface area (Å²) in [6, 6.07) is 34.8. The lowest BCUT2D eigenvalue weighted by molar-refractivity contribution is -0.225. The first kappa shape index (κ1) is 34.2. The van der Waals surface area contributed by atoms with Crippen molar-refractivity contribution in [2.75, 3.05) is 0 Å². The lowest BCUT2D eigenvalue weighted by Gasteiger charge is -2.23. The SMILES string of the molecule is CC(O)C(C)C(O)C(F)(F)F.O=P(O)(c1ccccc1)c1ccccc1.O=P(O)(c1ccccc1)c1ccccc1. The third kappa shape index (κ3) is 10.1. The molecule has 220 valence electrons. The Morgan fingerprint density at radius 3 is 0.902 bits per heavy atom. The van der Waals surface area contributed by atoms with E-state index in [1.54, 1.807) is 97.1 Å². The fourth-order valence-electron chi connectivity index (χ4n) is 3.38. The van der Waals surface area contributed by atoms with Gasteiger partial charge in [0.15, 0.2) is 6.10 Å². The average molecular weight is 609 g/mol. The number of alkyl halides is 3. The molecule has 4 N–H and O–H groups in total. The number of rotatable bonds is 6. The zero-order valence-electron chi connectivity index (χ0n) is 22.4. The van der Waals surface area contributed by atoms with Gasteiger partial charge < -0.3 is 20.0 Å². The van der Waals surface area contributed by atoms with Crippen LogP contribution >= 0.6 is 14.7 Å². The van der Waals surface area contributed by atoms with E-state index in [2.05, 4.69) is 0 Å². The lowest BCUT2D eigenvalue weighted by Crippen LogP contribution is -2.39. The molecule has 0 aromatic heterocycles. The van der Waals surface area contributed by atoms with Crippen molar-refractivity contribution in [2.45, 2.75) is 32.2 Å². The predicted molar refractivity (Wildman–Crippen MR) is 157 cm³/mol. The van der Waals surface area contributed by atoms with E-state index in [1.807, 2.05) is 24.3 Å². The molecule has 0 radical (unpaired) electrons. The summed E-state index contributed by atoms with van der Waals surface area (Å²) in [6.07, 6.45) is -8.25. The molecule has 0 aliphatic carbocycles. The zero-order valence-corrected chi connectivity index (χ0v) is 24.2. The van der Waals surface area contributed by atoms with Gasteiger partial charge in [0, 0.05) is 27.1 Å². The van der Waals surface area contributed by atoms with Gasteiger partial charge >= 0.3 is 6.18 Å². The van der Waals surface area contributed by atoms with Gasteiger partial charge in [-0.05, 0) is 55.5 Å². The minimum Gasteiger partial charge on any atom is -0.393 e. The number of benzene rings is 4. The van der Waals surface area contributed by atoms with Gasteiger partial charge in [-0.1, -0.05) is 79.7 Å². The van der Waals surface area contributed by atoms with Crippen LogP contribution in [0.4, 0.5) is 13.2 Å². The summed E-state index contributed by atoms with van der Waals surface area (Å²) in [5.41, 5.74) is 0. The van der Waals surface area contributed by atoms with Crippen LogP contribution in [0.1, 0.15) is 13.8 Å². The molecular formula is C30H33F3O6P2. The molecule has 0 heterocycles. The molecular weight excluding hydrogens is 575 g/mol. The van der Waals surface area contributed by atoms with E-state index in [0.29, 0.717) is 21.2 Å². The van der Waals surface area contributed by atoms with Gasteiger partial charge in [-0.3, -0.25) is 9.13 Å². The summed E-state index contributed by atoms with van der Waals surface area (Å²) in [4.78, 5) is 20.0. The topological polar surface area (TPSA) is 115 Å². The van der Waals surface area contributed by atoms with E-state index in [1.165, 1.54) is 6.92 Å². The highest BCUT2D eigenvalue weighted by Crippen LogP contribution is 2.38. The molecule has 3 unspecified atom stereocenters. The van der Waals surface area contributed by atoms with E-state index < -0.39 is 39.0 Å². The van der Waals surface area contributed by atoms with Gasteiger partial charge in [0.2, 0.25) is 0 Å². The average Bonchev–Trinajstić information content (AvgIpc) is 2.98. The molecule has 6 nitrogen and oxygen atoms in total. The molecule has 0 fully saturated rings. The summed E-state index contributed by atoms with van der Waals surface area (Å²) < 4.78 is 59.4. The van der Waals surface area contributed by atoms with Crippen molar-refractivity contribution in [1.29, 1.82) is 0 Å². The third-order valence-electron chi connectivity index (χ3n) is 6.02. The Morgan fingerprint density at radius 1 is 0.537 bits per heavy atom. The Morgan fingerprint density at radius 2 is 0.756 bits per heavy atom. The fraction of sp³-hybridized carbons (Fsp3) is 0.200. The smallest absolute Gasteiger partial charge is 0.393 e. The summed E-state index contributed by atoms with van der Waals surface area (Å²) in [5, 5.41) is 19.1. The molecule has 3 atom stereocenters. The first-order valence-electron chi connectivity index (χ1n) is 12.5. The zero-order chi connectivity index (χ0) is 30.7. The van der Waals surface area contributed by atoms with Gasteiger partial charge in [0.1, 0.15) is 0 Å². The second-order valence-electron chi connectivity index (χ2n) is 9.08. The molecule has 41 heavy (non-hydrogen) atoms. The molecule has 0 aliphatic rings. The molecule has 11 heteroatoms. The van der Waals surface area contributed by atoms with Crippen LogP contribution in [0.15, 0.2) is 121 Å². The predicted octanol–water partition coefficient (Wildman–Crippen LogP) is 4.74. The van der Waals surface area contributed by atoms with E-state index >= 15 is 0 Å². The molecule has 0 spiro atoms. The lowest BCUT2D eigenvalue weighted by atomic mass is 9.99. The molecule has 0 aliphatic heterocycles. The molecule has 0 amide bonds. The minimum atomic E-state index is -4.64. The Bertz CT molecular complexity index is 1220. The number of halogens is 3.